The Bertz CT molecular complexity index is 751. The highest BCUT2D eigenvalue weighted by Gasteiger charge is 2.21. The molecule has 10 nitrogen and oxygen atoms in total. The van der Waals surface area contributed by atoms with Crippen molar-refractivity contribution in [3.05, 3.63) is 34.0 Å². The molecule has 0 atom stereocenters. The topological polar surface area (TPSA) is 138 Å². The first-order chi connectivity index (χ1) is 11.5. The molecule has 2 aromatic heterocycles. The molecule has 0 saturated heterocycles. The summed E-state index contributed by atoms with van der Waals surface area (Å²) in [6.45, 7) is 2.02. The molecule has 24 heavy (non-hydrogen) atoms. The molecule has 0 radical (unpaired) electrons. The number of unbranched alkanes of at least 4 members (excludes halogenated alkanes) is 2. The van der Waals surface area contributed by atoms with Gasteiger partial charge in [-0.25, -0.2) is 5.84 Å². The number of hydrazine groups is 1. The summed E-state index contributed by atoms with van der Waals surface area (Å²) in [5.41, 5.74) is 0.158. The normalized spacial score (nSPS) is 10.6. The van der Waals surface area contributed by atoms with Gasteiger partial charge >= 0.3 is 5.88 Å². The molecule has 1 amide bonds. The Morgan fingerprint density at radius 1 is 1.50 bits per heavy atom. The van der Waals surface area contributed by atoms with Crippen LogP contribution >= 0.6 is 0 Å². The molecule has 2 rings (SSSR count). The minimum Gasteiger partial charge on any atom is -0.399 e. The number of furan rings is 1. The molecule has 2 aromatic rings. The van der Waals surface area contributed by atoms with Crippen molar-refractivity contribution in [2.24, 2.45) is 5.84 Å². The number of nitrogens with zero attached hydrogens (tertiary/aromatic N) is 4. The number of carbonyl (C=O) groups is 2. The van der Waals surface area contributed by atoms with Crippen LogP contribution in [0, 0.1) is 10.1 Å². The summed E-state index contributed by atoms with van der Waals surface area (Å²) in [5.74, 6) is 4.92. The Morgan fingerprint density at radius 3 is 2.83 bits per heavy atom. The molecular formula is C14H17N5O5. The molecule has 128 valence electrons. The monoisotopic (exact) mass is 335 g/mol. The van der Waals surface area contributed by atoms with Gasteiger partial charge in [0.05, 0.1) is 17.8 Å². The maximum atomic E-state index is 12.0. The molecular weight excluding hydrogens is 318 g/mol. The molecule has 0 unspecified atom stereocenters. The fourth-order valence-corrected chi connectivity index (χ4v) is 2.07. The summed E-state index contributed by atoms with van der Waals surface area (Å²) in [4.78, 5) is 34.2. The van der Waals surface area contributed by atoms with Gasteiger partial charge in [0.2, 0.25) is 0 Å². The minimum atomic E-state index is -0.701. The Kier molecular flexibility index (Phi) is 5.42. The van der Waals surface area contributed by atoms with Gasteiger partial charge in [0.1, 0.15) is 10.6 Å². The van der Waals surface area contributed by atoms with Crippen LogP contribution < -0.4 is 11.0 Å². The number of nitro groups is 1. The first-order valence-electron chi connectivity index (χ1n) is 7.35. The van der Waals surface area contributed by atoms with Crippen molar-refractivity contribution in [3.8, 4) is 11.5 Å². The highest BCUT2D eigenvalue weighted by Crippen LogP contribution is 2.26. The largest absolute Gasteiger partial charge is 0.433 e. The molecule has 0 bridgehead atoms. The van der Waals surface area contributed by atoms with Gasteiger partial charge < -0.3 is 4.42 Å². The van der Waals surface area contributed by atoms with Crippen LogP contribution in [0.4, 0.5) is 5.88 Å². The molecule has 0 fully saturated rings. The van der Waals surface area contributed by atoms with Gasteiger partial charge in [-0.2, -0.15) is 9.91 Å². The van der Waals surface area contributed by atoms with E-state index in [0.29, 0.717) is 12.7 Å². The summed E-state index contributed by atoms with van der Waals surface area (Å²) in [7, 11) is 0. The van der Waals surface area contributed by atoms with Crippen LogP contribution in [0.5, 0.6) is 0 Å². The zero-order valence-electron chi connectivity index (χ0n) is 13.0. The van der Waals surface area contributed by atoms with Crippen LogP contribution in [0.1, 0.15) is 43.0 Å². The molecule has 0 saturated carbocycles. The predicted molar refractivity (Wildman–Crippen MR) is 83.5 cm³/mol. The van der Waals surface area contributed by atoms with E-state index >= 15 is 0 Å². The van der Waals surface area contributed by atoms with Gasteiger partial charge in [0, 0.05) is 6.42 Å². The highest BCUT2D eigenvalue weighted by molar-refractivity contribution is 5.87. The number of amides is 1. The Labute approximate surface area is 136 Å². The van der Waals surface area contributed by atoms with E-state index in [-0.39, 0.29) is 29.3 Å². The maximum Gasteiger partial charge on any atom is 0.433 e. The van der Waals surface area contributed by atoms with Gasteiger partial charge in [-0.1, -0.05) is 19.8 Å². The number of rotatable bonds is 8. The first-order valence-corrected chi connectivity index (χ1v) is 7.35. The standard InChI is InChI=1S/C14H17N5O5/c1-2-3-4-5-12(21)18(15)17-8-10(9-20)14(16-17)11-6-7-13(24-11)19(22)23/h6-9H,2-5,15H2,1H3. The molecule has 0 spiro atoms. The third-order valence-electron chi connectivity index (χ3n) is 3.33. The lowest BCUT2D eigenvalue weighted by molar-refractivity contribution is -0.401. The second-order valence-corrected chi connectivity index (χ2v) is 5.06. The summed E-state index contributed by atoms with van der Waals surface area (Å²) in [5, 5.41) is 15.5. The van der Waals surface area contributed by atoms with E-state index in [1.165, 1.54) is 12.3 Å². The summed E-state index contributed by atoms with van der Waals surface area (Å²) >= 11 is 0. The van der Waals surface area contributed by atoms with E-state index in [9.17, 15) is 19.7 Å². The molecule has 0 aliphatic rings. The quantitative estimate of drug-likeness (QED) is 0.194. The summed E-state index contributed by atoms with van der Waals surface area (Å²) < 4.78 is 5.03. The van der Waals surface area contributed by atoms with E-state index in [1.54, 1.807) is 0 Å². The molecule has 0 aromatic carbocycles. The predicted octanol–water partition coefficient (Wildman–Crippen LogP) is 1.78. The van der Waals surface area contributed by atoms with E-state index in [1.807, 2.05) is 6.92 Å². The number of nitrogens with two attached hydrogens (primary N) is 1. The number of aldehydes is 1. The highest BCUT2D eigenvalue weighted by atomic mass is 16.6. The van der Waals surface area contributed by atoms with Crippen molar-refractivity contribution in [2.45, 2.75) is 32.6 Å². The van der Waals surface area contributed by atoms with Crippen LogP contribution in [0.15, 0.2) is 22.7 Å². The first kappa shape index (κ1) is 17.3. The van der Waals surface area contributed by atoms with Gasteiger partial charge in [-0.15, -0.1) is 5.10 Å². The van der Waals surface area contributed by atoms with Crippen molar-refractivity contribution in [1.82, 2.24) is 9.89 Å². The van der Waals surface area contributed by atoms with Crippen LogP contribution in [0.25, 0.3) is 11.5 Å². The van der Waals surface area contributed by atoms with Gasteiger partial charge in [-0.05, 0) is 12.5 Å². The molecule has 2 heterocycles. The molecule has 0 aliphatic carbocycles. The molecule has 2 N–H and O–H groups in total. The van der Waals surface area contributed by atoms with E-state index in [4.69, 9.17) is 10.3 Å². The lowest BCUT2D eigenvalue weighted by Crippen LogP contribution is -2.46. The van der Waals surface area contributed by atoms with Crippen LogP contribution in [-0.2, 0) is 4.79 Å². The maximum absolute atomic E-state index is 12.0. The molecule has 0 aliphatic heterocycles. The lowest BCUT2D eigenvalue weighted by atomic mass is 10.2. The molecule has 10 heteroatoms. The lowest BCUT2D eigenvalue weighted by Gasteiger charge is -2.15. The Hall–Kier alpha value is -3.01. The number of aromatic nitrogens is 2. The van der Waals surface area contributed by atoms with Gasteiger partial charge in [0.25, 0.3) is 5.91 Å². The average molecular weight is 335 g/mol. The van der Waals surface area contributed by atoms with Crippen molar-refractivity contribution < 1.29 is 18.9 Å². The fraction of sp³-hybridized carbons (Fsp3) is 0.357. The number of carbonyl (C=O) groups excluding carboxylic acids is 2. The second kappa shape index (κ2) is 7.51. The summed E-state index contributed by atoms with van der Waals surface area (Å²) in [6, 6.07) is 2.47. The van der Waals surface area contributed by atoms with Crippen molar-refractivity contribution in [1.29, 1.82) is 0 Å². The minimum absolute atomic E-state index is 0.0365. The number of hydrogen-bond donors (Lipinski definition) is 1. The van der Waals surface area contributed by atoms with Crippen LogP contribution in [0.3, 0.4) is 0 Å². The smallest absolute Gasteiger partial charge is 0.399 e. The van der Waals surface area contributed by atoms with E-state index in [2.05, 4.69) is 5.10 Å². The van der Waals surface area contributed by atoms with Crippen LogP contribution in [-0.4, -0.2) is 27.0 Å². The van der Waals surface area contributed by atoms with Crippen LogP contribution in [0.2, 0.25) is 0 Å². The van der Waals surface area contributed by atoms with E-state index in [0.717, 1.165) is 28.8 Å². The van der Waals surface area contributed by atoms with Crippen molar-refractivity contribution >= 4 is 18.1 Å². The zero-order valence-corrected chi connectivity index (χ0v) is 13.0. The third-order valence-corrected chi connectivity index (χ3v) is 3.33. The fourth-order valence-electron chi connectivity index (χ4n) is 2.07. The van der Waals surface area contributed by atoms with E-state index < -0.39 is 10.8 Å². The zero-order chi connectivity index (χ0) is 17.7. The summed E-state index contributed by atoms with van der Waals surface area (Å²) in [6.07, 6.45) is 4.58. The Morgan fingerprint density at radius 2 is 2.25 bits per heavy atom. The second-order valence-electron chi connectivity index (χ2n) is 5.06. The number of hydrogen-bond acceptors (Lipinski definition) is 7. The van der Waals surface area contributed by atoms with Gasteiger partial charge in [-0.3, -0.25) is 19.7 Å². The van der Waals surface area contributed by atoms with Crippen molar-refractivity contribution in [3.63, 3.8) is 0 Å². The third kappa shape index (κ3) is 3.66. The average Bonchev–Trinajstić information content (AvgIpc) is 3.20. The van der Waals surface area contributed by atoms with Crippen molar-refractivity contribution in [2.75, 3.05) is 5.12 Å². The Balaban J connectivity index is 2.24. The SMILES string of the molecule is CCCCCC(=O)N(N)n1cc(C=O)c(-c2ccc([N+](=O)[O-])o2)n1. The van der Waals surface area contributed by atoms with Gasteiger partial charge in [0.15, 0.2) is 12.0 Å².